The van der Waals surface area contributed by atoms with E-state index in [2.05, 4.69) is 46.9 Å². The Morgan fingerprint density at radius 3 is 3.06 bits per heavy atom. The molecule has 1 heterocycles. The number of nitrogens with zero attached hydrogens (tertiary/aromatic N) is 3. The van der Waals surface area contributed by atoms with Crippen molar-refractivity contribution in [1.82, 2.24) is 20.1 Å². The highest BCUT2D eigenvalue weighted by Gasteiger charge is 2.21. The van der Waals surface area contributed by atoms with Crippen LogP contribution in [0, 0.1) is 11.8 Å². The largest absolute Gasteiger partial charge is 0.317 e. The number of aryl methyl sites for hydroxylation is 1. The fraction of sp³-hybridized carbons (Fsp3) is 0.714. The van der Waals surface area contributed by atoms with Gasteiger partial charge in [-0.05, 0) is 38.5 Å². The van der Waals surface area contributed by atoms with E-state index in [1.807, 2.05) is 0 Å². The van der Waals surface area contributed by atoms with E-state index in [0.29, 0.717) is 5.92 Å². The molecule has 0 saturated heterocycles. The number of rotatable bonds is 5. The van der Waals surface area contributed by atoms with Crippen LogP contribution < -0.4 is 5.32 Å². The summed E-state index contributed by atoms with van der Waals surface area (Å²) in [7, 11) is 0. The molecule has 0 aliphatic heterocycles. The third-order valence-corrected chi connectivity index (χ3v) is 4.04. The molecular formula is C14H24N4. The summed E-state index contributed by atoms with van der Waals surface area (Å²) in [5, 5.41) is 11.6. The van der Waals surface area contributed by atoms with Crippen molar-refractivity contribution in [2.24, 2.45) is 11.8 Å². The Bertz CT molecular complexity index is 408. The molecule has 1 aromatic heterocycles. The van der Waals surface area contributed by atoms with Gasteiger partial charge in [0, 0.05) is 13.1 Å². The highest BCUT2D eigenvalue weighted by atomic mass is 15.3. The Kier molecular flexibility index (Phi) is 4.53. The van der Waals surface area contributed by atoms with E-state index in [0.717, 1.165) is 31.4 Å². The van der Waals surface area contributed by atoms with E-state index in [4.69, 9.17) is 0 Å². The van der Waals surface area contributed by atoms with Gasteiger partial charge in [-0.15, -0.1) is 10.2 Å². The Morgan fingerprint density at radius 2 is 2.33 bits per heavy atom. The zero-order valence-corrected chi connectivity index (χ0v) is 11.7. The molecule has 0 spiro atoms. The average Bonchev–Trinajstić information content (AvgIpc) is 2.80. The van der Waals surface area contributed by atoms with Crippen molar-refractivity contribution >= 4 is 0 Å². The van der Waals surface area contributed by atoms with E-state index in [1.54, 1.807) is 11.9 Å². The van der Waals surface area contributed by atoms with Crippen molar-refractivity contribution in [2.75, 3.05) is 6.54 Å². The number of nitrogens with one attached hydrogen (secondary N) is 1. The summed E-state index contributed by atoms with van der Waals surface area (Å²) in [5.41, 5.74) is 1.54. The van der Waals surface area contributed by atoms with Crippen LogP contribution in [0.3, 0.4) is 0 Å². The standard InChI is InChI=1S/C14H24N4/c1-4-18-10-16-17-14(18)9-15-8-13-11(2)6-5-7-12(13)3/h6,10,12-13,15H,4-5,7-9H2,1-3H3/t12-,13+/m1/s1. The first kappa shape index (κ1) is 13.3. The summed E-state index contributed by atoms with van der Waals surface area (Å²) in [5.74, 6) is 2.49. The molecule has 0 saturated carbocycles. The Hall–Kier alpha value is -1.16. The second-order valence-electron chi connectivity index (χ2n) is 5.27. The summed E-state index contributed by atoms with van der Waals surface area (Å²) < 4.78 is 2.08. The monoisotopic (exact) mass is 248 g/mol. The summed E-state index contributed by atoms with van der Waals surface area (Å²) in [6.07, 6.45) is 6.74. The highest BCUT2D eigenvalue weighted by Crippen LogP contribution is 2.29. The lowest BCUT2D eigenvalue weighted by Crippen LogP contribution is -2.30. The molecule has 0 fully saturated rings. The first-order valence-corrected chi connectivity index (χ1v) is 6.96. The maximum Gasteiger partial charge on any atom is 0.146 e. The Morgan fingerprint density at radius 1 is 1.50 bits per heavy atom. The van der Waals surface area contributed by atoms with Crippen LogP contribution in [0.1, 0.15) is 39.4 Å². The molecule has 4 heteroatoms. The molecule has 100 valence electrons. The fourth-order valence-electron chi connectivity index (χ4n) is 2.76. The van der Waals surface area contributed by atoms with E-state index in [-0.39, 0.29) is 0 Å². The zero-order valence-electron chi connectivity index (χ0n) is 11.7. The van der Waals surface area contributed by atoms with Crippen molar-refractivity contribution < 1.29 is 0 Å². The summed E-state index contributed by atoms with van der Waals surface area (Å²) >= 11 is 0. The molecule has 0 unspecified atom stereocenters. The van der Waals surface area contributed by atoms with Crippen LogP contribution in [-0.2, 0) is 13.1 Å². The normalized spacial score (nSPS) is 24.1. The van der Waals surface area contributed by atoms with E-state index >= 15 is 0 Å². The van der Waals surface area contributed by atoms with Gasteiger partial charge in [-0.25, -0.2) is 0 Å². The topological polar surface area (TPSA) is 42.7 Å². The third kappa shape index (κ3) is 2.99. The maximum atomic E-state index is 4.14. The molecule has 1 aromatic rings. The summed E-state index contributed by atoms with van der Waals surface area (Å²) in [6, 6.07) is 0. The van der Waals surface area contributed by atoms with Gasteiger partial charge in [0.05, 0.1) is 6.54 Å². The molecule has 2 atom stereocenters. The van der Waals surface area contributed by atoms with Gasteiger partial charge in [0.25, 0.3) is 0 Å². The van der Waals surface area contributed by atoms with Crippen LogP contribution in [0.5, 0.6) is 0 Å². The highest BCUT2D eigenvalue weighted by molar-refractivity contribution is 5.09. The molecular weight excluding hydrogens is 224 g/mol. The van der Waals surface area contributed by atoms with Crippen LogP contribution >= 0.6 is 0 Å². The maximum absolute atomic E-state index is 4.14. The summed E-state index contributed by atoms with van der Waals surface area (Å²) in [6.45, 7) is 9.52. The van der Waals surface area contributed by atoms with E-state index in [1.165, 1.54) is 12.8 Å². The second-order valence-corrected chi connectivity index (χ2v) is 5.27. The van der Waals surface area contributed by atoms with Gasteiger partial charge in [0.1, 0.15) is 12.2 Å². The minimum atomic E-state index is 0.678. The van der Waals surface area contributed by atoms with Crippen molar-refractivity contribution in [3.05, 3.63) is 23.8 Å². The predicted molar refractivity (Wildman–Crippen MR) is 73.0 cm³/mol. The quantitative estimate of drug-likeness (QED) is 0.814. The Labute approximate surface area is 109 Å². The first-order chi connectivity index (χ1) is 8.72. The lowest BCUT2D eigenvalue weighted by molar-refractivity contribution is 0.348. The van der Waals surface area contributed by atoms with E-state index in [9.17, 15) is 0 Å². The molecule has 4 nitrogen and oxygen atoms in total. The number of allylic oxidation sites excluding steroid dienone is 1. The average molecular weight is 248 g/mol. The SMILES string of the molecule is CCn1cnnc1CNC[C@H]1C(C)=CCC[C@H]1C. The van der Waals surface area contributed by atoms with Gasteiger partial charge in [-0.2, -0.15) is 0 Å². The van der Waals surface area contributed by atoms with Gasteiger partial charge in [-0.1, -0.05) is 18.6 Å². The van der Waals surface area contributed by atoms with Crippen molar-refractivity contribution in [1.29, 1.82) is 0 Å². The zero-order chi connectivity index (χ0) is 13.0. The summed E-state index contributed by atoms with van der Waals surface area (Å²) in [4.78, 5) is 0. The van der Waals surface area contributed by atoms with Crippen LogP contribution in [0.25, 0.3) is 0 Å². The molecule has 18 heavy (non-hydrogen) atoms. The number of hydrogen-bond donors (Lipinski definition) is 1. The minimum absolute atomic E-state index is 0.678. The molecule has 0 aromatic carbocycles. The molecule has 0 radical (unpaired) electrons. The van der Waals surface area contributed by atoms with Gasteiger partial charge < -0.3 is 9.88 Å². The van der Waals surface area contributed by atoms with E-state index < -0.39 is 0 Å². The number of aromatic nitrogens is 3. The van der Waals surface area contributed by atoms with Crippen LogP contribution in [0.4, 0.5) is 0 Å². The van der Waals surface area contributed by atoms with Crippen LogP contribution in [0.2, 0.25) is 0 Å². The van der Waals surface area contributed by atoms with Crippen molar-refractivity contribution in [2.45, 2.75) is 46.7 Å². The van der Waals surface area contributed by atoms with Crippen molar-refractivity contribution in [3.8, 4) is 0 Å². The lowest BCUT2D eigenvalue weighted by Gasteiger charge is -2.28. The second kappa shape index (κ2) is 6.14. The predicted octanol–water partition coefficient (Wildman–Crippen LogP) is 2.38. The molecule has 0 amide bonds. The number of hydrogen-bond acceptors (Lipinski definition) is 3. The first-order valence-electron chi connectivity index (χ1n) is 6.96. The molecule has 1 aliphatic rings. The molecule has 2 rings (SSSR count). The van der Waals surface area contributed by atoms with Gasteiger partial charge >= 0.3 is 0 Å². The van der Waals surface area contributed by atoms with Crippen LogP contribution in [0.15, 0.2) is 18.0 Å². The van der Waals surface area contributed by atoms with Crippen molar-refractivity contribution in [3.63, 3.8) is 0 Å². The van der Waals surface area contributed by atoms with Gasteiger partial charge in [0.2, 0.25) is 0 Å². The van der Waals surface area contributed by atoms with Crippen LogP contribution in [-0.4, -0.2) is 21.3 Å². The minimum Gasteiger partial charge on any atom is -0.317 e. The Balaban J connectivity index is 1.85. The molecule has 0 bridgehead atoms. The van der Waals surface area contributed by atoms with Gasteiger partial charge in [0.15, 0.2) is 0 Å². The van der Waals surface area contributed by atoms with Gasteiger partial charge in [-0.3, -0.25) is 0 Å². The lowest BCUT2D eigenvalue weighted by atomic mass is 9.80. The fourth-order valence-corrected chi connectivity index (χ4v) is 2.76. The molecule has 1 aliphatic carbocycles. The smallest absolute Gasteiger partial charge is 0.146 e. The third-order valence-electron chi connectivity index (χ3n) is 4.04. The molecule has 1 N–H and O–H groups in total.